The summed E-state index contributed by atoms with van der Waals surface area (Å²) in [7, 11) is 0. The fourth-order valence-corrected chi connectivity index (χ4v) is 2.35. The van der Waals surface area contributed by atoms with Gasteiger partial charge in [0.2, 0.25) is 0 Å². The quantitative estimate of drug-likeness (QED) is 0.461. The minimum absolute atomic E-state index is 0.280. The molecule has 2 aromatic rings. The third-order valence-corrected chi connectivity index (χ3v) is 3.93. The lowest BCUT2D eigenvalue weighted by molar-refractivity contribution is 1.33. The van der Waals surface area contributed by atoms with Crippen LogP contribution in [0.3, 0.4) is 0 Å². The predicted octanol–water partition coefficient (Wildman–Crippen LogP) is 6.02. The van der Waals surface area contributed by atoms with Crippen molar-refractivity contribution in [1.29, 1.82) is 0 Å². The predicted molar refractivity (Wildman–Crippen MR) is 74.7 cm³/mol. The third-order valence-electron chi connectivity index (χ3n) is 2.13. The van der Waals surface area contributed by atoms with E-state index in [1.807, 2.05) is 0 Å². The van der Waals surface area contributed by atoms with Crippen molar-refractivity contribution in [2.24, 2.45) is 0 Å². The number of halogens is 5. The fourth-order valence-electron chi connectivity index (χ4n) is 1.35. The monoisotopic (exact) mass is 325 g/mol. The molecule has 0 aliphatic rings. The molecule has 0 fully saturated rings. The first-order chi connectivity index (χ1) is 8.00. The third kappa shape index (κ3) is 2.64. The molecule has 0 saturated carbocycles. The number of aromatic nitrogens is 1. The second kappa shape index (κ2) is 5.21. The highest BCUT2D eigenvalue weighted by molar-refractivity contribution is 6.49. The van der Waals surface area contributed by atoms with Gasteiger partial charge >= 0.3 is 0 Å². The van der Waals surface area contributed by atoms with Gasteiger partial charge in [0.15, 0.2) is 0 Å². The molecule has 1 nitrogen and oxygen atoms in total. The van der Waals surface area contributed by atoms with E-state index in [-0.39, 0.29) is 5.02 Å². The average molecular weight is 327 g/mol. The maximum Gasteiger partial charge on any atom is 0.136 e. The van der Waals surface area contributed by atoms with Crippen LogP contribution >= 0.6 is 58.0 Å². The summed E-state index contributed by atoms with van der Waals surface area (Å²) < 4.78 is 0. The lowest BCUT2D eigenvalue weighted by Gasteiger charge is -2.09. The van der Waals surface area contributed by atoms with Crippen LogP contribution in [0.25, 0.3) is 11.1 Å². The number of hydrogen-bond donors (Lipinski definition) is 0. The van der Waals surface area contributed by atoms with Gasteiger partial charge in [-0.3, -0.25) is 0 Å². The lowest BCUT2D eigenvalue weighted by Crippen LogP contribution is -1.86. The van der Waals surface area contributed by atoms with Gasteiger partial charge in [0.05, 0.1) is 20.1 Å². The summed E-state index contributed by atoms with van der Waals surface area (Å²) in [5, 5.41) is 1.75. The molecule has 0 atom stereocenters. The van der Waals surface area contributed by atoms with Crippen molar-refractivity contribution in [3.63, 3.8) is 0 Å². The standard InChI is InChI=1S/C11H4Cl5N/c12-5-3-7(11(16)17-4-5)6-1-2-8(13)10(15)9(6)14/h1-4H. The normalized spacial score (nSPS) is 10.6. The van der Waals surface area contributed by atoms with Crippen LogP contribution in [0.15, 0.2) is 24.4 Å². The molecule has 0 unspecified atom stereocenters. The Balaban J connectivity index is 2.69. The second-order valence-electron chi connectivity index (χ2n) is 3.21. The van der Waals surface area contributed by atoms with Crippen LogP contribution < -0.4 is 0 Å². The van der Waals surface area contributed by atoms with Crippen LogP contribution in [0.4, 0.5) is 0 Å². The molecule has 1 aromatic carbocycles. The zero-order chi connectivity index (χ0) is 12.6. The van der Waals surface area contributed by atoms with Crippen molar-refractivity contribution in [1.82, 2.24) is 4.98 Å². The highest BCUT2D eigenvalue weighted by Crippen LogP contribution is 2.40. The molecular weight excluding hydrogens is 323 g/mol. The number of benzene rings is 1. The van der Waals surface area contributed by atoms with Gasteiger partial charge in [-0.15, -0.1) is 0 Å². The van der Waals surface area contributed by atoms with Crippen LogP contribution in [0.2, 0.25) is 25.2 Å². The Hall–Kier alpha value is -0.180. The smallest absolute Gasteiger partial charge is 0.136 e. The molecular formula is C11H4Cl5N. The fraction of sp³-hybridized carbons (Fsp3) is 0. The summed E-state index contributed by atoms with van der Waals surface area (Å²) in [6, 6.07) is 5.03. The van der Waals surface area contributed by atoms with E-state index in [2.05, 4.69) is 4.98 Å². The minimum Gasteiger partial charge on any atom is -0.242 e. The Morgan fingerprint density at radius 2 is 1.53 bits per heavy atom. The lowest BCUT2D eigenvalue weighted by atomic mass is 10.1. The summed E-state index contributed by atoms with van der Waals surface area (Å²) in [5.74, 6) is 0. The van der Waals surface area contributed by atoms with Crippen LogP contribution in [-0.4, -0.2) is 4.98 Å². The molecule has 0 aliphatic carbocycles. The first-order valence-electron chi connectivity index (χ1n) is 4.45. The molecule has 0 saturated heterocycles. The minimum atomic E-state index is 0.280. The molecule has 1 heterocycles. The number of nitrogens with zero attached hydrogens (tertiary/aromatic N) is 1. The van der Waals surface area contributed by atoms with Gasteiger partial charge in [-0.1, -0.05) is 64.1 Å². The highest BCUT2D eigenvalue weighted by Gasteiger charge is 2.13. The number of rotatable bonds is 1. The molecule has 0 radical (unpaired) electrons. The van der Waals surface area contributed by atoms with Gasteiger partial charge < -0.3 is 0 Å². The zero-order valence-electron chi connectivity index (χ0n) is 8.15. The van der Waals surface area contributed by atoms with Gasteiger partial charge in [-0.25, -0.2) is 4.98 Å². The van der Waals surface area contributed by atoms with E-state index < -0.39 is 0 Å². The average Bonchev–Trinajstić information content (AvgIpc) is 2.30. The highest BCUT2D eigenvalue weighted by atomic mass is 35.5. The van der Waals surface area contributed by atoms with E-state index in [0.717, 1.165) is 0 Å². The van der Waals surface area contributed by atoms with Crippen LogP contribution in [0.1, 0.15) is 0 Å². The van der Waals surface area contributed by atoms with E-state index in [1.165, 1.54) is 6.20 Å². The summed E-state index contributed by atoms with van der Waals surface area (Å²) in [4.78, 5) is 3.95. The first-order valence-corrected chi connectivity index (χ1v) is 6.34. The number of hydrogen-bond acceptors (Lipinski definition) is 1. The Bertz CT molecular complexity index is 582. The molecule has 6 heteroatoms. The van der Waals surface area contributed by atoms with E-state index in [1.54, 1.807) is 18.2 Å². The van der Waals surface area contributed by atoms with Crippen LogP contribution in [-0.2, 0) is 0 Å². The zero-order valence-corrected chi connectivity index (χ0v) is 11.9. The van der Waals surface area contributed by atoms with Gasteiger partial charge in [-0.2, -0.15) is 0 Å². The van der Waals surface area contributed by atoms with Crippen molar-refractivity contribution in [2.45, 2.75) is 0 Å². The summed E-state index contributed by atoms with van der Waals surface area (Å²) >= 11 is 29.8. The molecule has 0 aliphatic heterocycles. The maximum atomic E-state index is 6.11. The Kier molecular flexibility index (Phi) is 4.06. The van der Waals surface area contributed by atoms with Crippen LogP contribution in [0.5, 0.6) is 0 Å². The summed E-state index contributed by atoms with van der Waals surface area (Å²) in [5.41, 5.74) is 1.25. The SMILES string of the molecule is Clc1cnc(Cl)c(-c2ccc(Cl)c(Cl)c2Cl)c1. The van der Waals surface area contributed by atoms with E-state index in [0.29, 0.717) is 31.3 Å². The second-order valence-corrected chi connectivity index (χ2v) is 5.17. The van der Waals surface area contributed by atoms with Crippen molar-refractivity contribution in [2.75, 3.05) is 0 Å². The van der Waals surface area contributed by atoms with Gasteiger partial charge in [0.25, 0.3) is 0 Å². The van der Waals surface area contributed by atoms with Crippen molar-refractivity contribution in [3.8, 4) is 11.1 Å². The Morgan fingerprint density at radius 1 is 0.824 bits per heavy atom. The molecule has 88 valence electrons. The largest absolute Gasteiger partial charge is 0.242 e. The van der Waals surface area contributed by atoms with Gasteiger partial charge in [-0.05, 0) is 12.1 Å². The Morgan fingerprint density at radius 3 is 2.24 bits per heavy atom. The molecule has 0 N–H and O–H groups in total. The van der Waals surface area contributed by atoms with Gasteiger partial charge in [0.1, 0.15) is 5.15 Å². The molecule has 2 rings (SSSR count). The Labute approximate surface area is 123 Å². The van der Waals surface area contributed by atoms with Crippen molar-refractivity contribution in [3.05, 3.63) is 49.6 Å². The van der Waals surface area contributed by atoms with E-state index in [9.17, 15) is 0 Å². The molecule has 0 bridgehead atoms. The topological polar surface area (TPSA) is 12.9 Å². The molecule has 1 aromatic heterocycles. The molecule has 0 amide bonds. The molecule has 17 heavy (non-hydrogen) atoms. The number of pyridine rings is 1. The van der Waals surface area contributed by atoms with Crippen molar-refractivity contribution >= 4 is 58.0 Å². The summed E-state index contributed by atoms with van der Waals surface area (Å²) in [6.45, 7) is 0. The van der Waals surface area contributed by atoms with Gasteiger partial charge in [0, 0.05) is 17.3 Å². The van der Waals surface area contributed by atoms with Crippen LogP contribution in [0, 0.1) is 0 Å². The van der Waals surface area contributed by atoms with E-state index >= 15 is 0 Å². The molecule has 0 spiro atoms. The van der Waals surface area contributed by atoms with Crippen molar-refractivity contribution < 1.29 is 0 Å². The summed E-state index contributed by atoms with van der Waals surface area (Å²) in [6.07, 6.45) is 1.46. The van der Waals surface area contributed by atoms with E-state index in [4.69, 9.17) is 58.0 Å². The maximum absolute atomic E-state index is 6.11. The first kappa shape index (κ1) is 13.3.